The Morgan fingerprint density at radius 1 is 1.38 bits per heavy atom. The normalized spacial score (nSPS) is 10.4. The molecule has 0 unspecified atom stereocenters. The van der Waals surface area contributed by atoms with Crippen molar-refractivity contribution in [2.45, 2.75) is 6.54 Å². The molecule has 0 bridgehead atoms. The first-order valence-electron chi connectivity index (χ1n) is 6.14. The Labute approximate surface area is 120 Å². The molecule has 0 aliphatic carbocycles. The summed E-state index contributed by atoms with van der Waals surface area (Å²) in [5.74, 6) is -1.88. The lowest BCUT2D eigenvalue weighted by atomic mass is 10.1. The molecule has 0 saturated carbocycles. The topological polar surface area (TPSA) is 75.4 Å². The highest BCUT2D eigenvalue weighted by Crippen LogP contribution is 2.12. The van der Waals surface area contributed by atoms with Crippen LogP contribution in [0.5, 0.6) is 0 Å². The van der Waals surface area contributed by atoms with Crippen molar-refractivity contribution in [2.75, 3.05) is 19.0 Å². The molecule has 0 saturated heterocycles. The smallest absolute Gasteiger partial charge is 0.335 e. The Morgan fingerprint density at radius 2 is 2.10 bits per heavy atom. The predicted octanol–water partition coefficient (Wildman–Crippen LogP) is 1.19. The Morgan fingerprint density at radius 3 is 2.62 bits per heavy atom. The van der Waals surface area contributed by atoms with Crippen LogP contribution in [-0.2, 0) is 6.54 Å². The summed E-state index contributed by atoms with van der Waals surface area (Å²) in [6, 6.07) is 4.96. The van der Waals surface area contributed by atoms with Crippen LogP contribution in [0.15, 0.2) is 35.3 Å². The van der Waals surface area contributed by atoms with E-state index in [1.54, 1.807) is 19.0 Å². The highest BCUT2D eigenvalue weighted by molar-refractivity contribution is 5.87. The molecule has 2 aromatic rings. The molecule has 0 atom stereocenters. The van der Waals surface area contributed by atoms with E-state index in [4.69, 9.17) is 5.11 Å². The number of rotatable bonds is 4. The SMILES string of the molecule is CN(C)c1cnn(Cc2ccc(C(=O)O)cc2F)c(=O)c1. The van der Waals surface area contributed by atoms with Gasteiger partial charge in [-0.25, -0.2) is 13.9 Å². The average molecular weight is 291 g/mol. The van der Waals surface area contributed by atoms with E-state index in [-0.39, 0.29) is 23.2 Å². The molecule has 1 heterocycles. The molecular weight excluding hydrogens is 277 g/mol. The summed E-state index contributed by atoms with van der Waals surface area (Å²) in [7, 11) is 3.57. The van der Waals surface area contributed by atoms with Gasteiger partial charge in [0.2, 0.25) is 0 Å². The molecule has 110 valence electrons. The second-order valence-electron chi connectivity index (χ2n) is 4.72. The van der Waals surface area contributed by atoms with Crippen molar-refractivity contribution >= 4 is 11.7 Å². The largest absolute Gasteiger partial charge is 0.478 e. The number of aromatic nitrogens is 2. The lowest BCUT2D eigenvalue weighted by molar-refractivity contribution is 0.0696. The van der Waals surface area contributed by atoms with Crippen molar-refractivity contribution in [3.05, 3.63) is 57.8 Å². The monoisotopic (exact) mass is 291 g/mol. The van der Waals surface area contributed by atoms with Gasteiger partial charge in [-0.15, -0.1) is 0 Å². The van der Waals surface area contributed by atoms with E-state index < -0.39 is 11.8 Å². The van der Waals surface area contributed by atoms with E-state index in [1.165, 1.54) is 24.4 Å². The summed E-state index contributed by atoms with van der Waals surface area (Å²) in [5, 5.41) is 12.8. The first-order chi connectivity index (χ1) is 9.88. The molecule has 1 N–H and O–H groups in total. The molecule has 0 amide bonds. The lowest BCUT2D eigenvalue weighted by Gasteiger charge is -2.12. The number of hydrogen-bond donors (Lipinski definition) is 1. The van der Waals surface area contributed by atoms with E-state index in [0.29, 0.717) is 5.69 Å². The van der Waals surface area contributed by atoms with Gasteiger partial charge >= 0.3 is 5.97 Å². The molecule has 1 aromatic heterocycles. The van der Waals surface area contributed by atoms with Crippen LogP contribution in [0.1, 0.15) is 15.9 Å². The number of carbonyl (C=O) groups is 1. The Kier molecular flexibility index (Phi) is 4.02. The number of halogens is 1. The third-order valence-corrected chi connectivity index (χ3v) is 2.99. The minimum atomic E-state index is -1.20. The molecule has 0 spiro atoms. The van der Waals surface area contributed by atoms with Crippen molar-refractivity contribution in [1.29, 1.82) is 0 Å². The van der Waals surface area contributed by atoms with Crippen molar-refractivity contribution in [1.82, 2.24) is 9.78 Å². The lowest BCUT2D eigenvalue weighted by Crippen LogP contribution is -2.25. The van der Waals surface area contributed by atoms with Crippen LogP contribution in [0.4, 0.5) is 10.1 Å². The number of aromatic carboxylic acids is 1. The number of benzene rings is 1. The minimum Gasteiger partial charge on any atom is -0.478 e. The van der Waals surface area contributed by atoms with Crippen molar-refractivity contribution in [3.63, 3.8) is 0 Å². The Balaban J connectivity index is 2.30. The van der Waals surface area contributed by atoms with Gasteiger partial charge in [0.05, 0.1) is 24.0 Å². The molecule has 0 aliphatic rings. The molecule has 7 heteroatoms. The zero-order valence-corrected chi connectivity index (χ0v) is 11.6. The maximum atomic E-state index is 13.8. The number of carboxylic acids is 1. The van der Waals surface area contributed by atoms with E-state index in [2.05, 4.69) is 5.10 Å². The van der Waals surface area contributed by atoms with E-state index in [9.17, 15) is 14.0 Å². The van der Waals surface area contributed by atoms with Crippen LogP contribution in [0.2, 0.25) is 0 Å². The molecule has 2 rings (SSSR count). The second-order valence-corrected chi connectivity index (χ2v) is 4.72. The van der Waals surface area contributed by atoms with Gasteiger partial charge in [0.15, 0.2) is 0 Å². The summed E-state index contributed by atoms with van der Waals surface area (Å²) in [4.78, 5) is 24.4. The van der Waals surface area contributed by atoms with E-state index >= 15 is 0 Å². The average Bonchev–Trinajstić information content (AvgIpc) is 2.42. The van der Waals surface area contributed by atoms with Gasteiger partial charge in [0.25, 0.3) is 5.56 Å². The molecular formula is C14H14FN3O3. The highest BCUT2D eigenvalue weighted by atomic mass is 19.1. The zero-order chi connectivity index (χ0) is 15.6. The third kappa shape index (κ3) is 3.25. The predicted molar refractivity (Wildman–Crippen MR) is 75.3 cm³/mol. The van der Waals surface area contributed by atoms with Crippen LogP contribution in [0, 0.1) is 5.82 Å². The first-order valence-corrected chi connectivity index (χ1v) is 6.14. The number of carboxylic acid groups (broad SMARTS) is 1. The van der Waals surface area contributed by atoms with Gasteiger partial charge in [0, 0.05) is 25.7 Å². The minimum absolute atomic E-state index is 0.0573. The molecule has 21 heavy (non-hydrogen) atoms. The van der Waals surface area contributed by atoms with Crippen LogP contribution >= 0.6 is 0 Å². The van der Waals surface area contributed by atoms with Gasteiger partial charge < -0.3 is 10.0 Å². The van der Waals surface area contributed by atoms with Crippen LogP contribution in [0.3, 0.4) is 0 Å². The van der Waals surface area contributed by atoms with Crippen LogP contribution in [0.25, 0.3) is 0 Å². The van der Waals surface area contributed by atoms with Crippen molar-refractivity contribution < 1.29 is 14.3 Å². The Hall–Kier alpha value is -2.70. The molecule has 0 fully saturated rings. The molecule has 0 radical (unpaired) electrons. The van der Waals surface area contributed by atoms with E-state index in [0.717, 1.165) is 10.7 Å². The standard InChI is InChI=1S/C14H14FN3O3/c1-17(2)11-6-13(19)18(16-7-11)8-10-4-3-9(14(20)21)5-12(10)15/h3-7H,8H2,1-2H3,(H,20,21). The Bertz CT molecular complexity index is 740. The molecule has 1 aromatic carbocycles. The van der Waals surface area contributed by atoms with Crippen LogP contribution < -0.4 is 10.5 Å². The maximum absolute atomic E-state index is 13.8. The molecule has 0 aliphatic heterocycles. The van der Waals surface area contributed by atoms with Crippen molar-refractivity contribution in [3.8, 4) is 0 Å². The van der Waals surface area contributed by atoms with E-state index in [1.807, 2.05) is 0 Å². The van der Waals surface area contributed by atoms with Gasteiger partial charge in [0.1, 0.15) is 5.82 Å². The fraction of sp³-hybridized carbons (Fsp3) is 0.214. The number of nitrogens with zero attached hydrogens (tertiary/aromatic N) is 3. The second kappa shape index (κ2) is 5.74. The zero-order valence-electron chi connectivity index (χ0n) is 11.6. The highest BCUT2D eigenvalue weighted by Gasteiger charge is 2.10. The van der Waals surface area contributed by atoms with Crippen molar-refractivity contribution in [2.24, 2.45) is 0 Å². The fourth-order valence-corrected chi connectivity index (χ4v) is 1.76. The summed E-state index contributed by atoms with van der Waals surface area (Å²) in [5.41, 5.74) is 0.354. The summed E-state index contributed by atoms with van der Waals surface area (Å²) in [6.45, 7) is -0.0573. The van der Waals surface area contributed by atoms with Gasteiger partial charge in [-0.05, 0) is 12.1 Å². The van der Waals surface area contributed by atoms with Gasteiger partial charge in [-0.3, -0.25) is 4.79 Å². The summed E-state index contributed by atoms with van der Waals surface area (Å²) >= 11 is 0. The number of anilines is 1. The maximum Gasteiger partial charge on any atom is 0.335 e. The summed E-state index contributed by atoms with van der Waals surface area (Å²) < 4.78 is 14.9. The molecule has 6 nitrogen and oxygen atoms in total. The first kappa shape index (κ1) is 14.7. The van der Waals surface area contributed by atoms with Crippen LogP contribution in [-0.4, -0.2) is 35.0 Å². The quantitative estimate of drug-likeness (QED) is 0.916. The summed E-state index contributed by atoms with van der Waals surface area (Å²) in [6.07, 6.45) is 1.50. The number of hydrogen-bond acceptors (Lipinski definition) is 4. The van der Waals surface area contributed by atoms with Gasteiger partial charge in [-0.1, -0.05) is 6.07 Å². The third-order valence-electron chi connectivity index (χ3n) is 2.99. The fourth-order valence-electron chi connectivity index (χ4n) is 1.76. The van der Waals surface area contributed by atoms with Gasteiger partial charge in [-0.2, -0.15) is 5.10 Å².